The highest BCUT2D eigenvalue weighted by atomic mass is 32.2. The lowest BCUT2D eigenvalue weighted by Gasteiger charge is -2.17. The van der Waals surface area contributed by atoms with Crippen LogP contribution in [0.2, 0.25) is 0 Å². The Bertz CT molecular complexity index is 888. The molecule has 1 aromatic heterocycles. The Kier molecular flexibility index (Phi) is 6.30. The van der Waals surface area contributed by atoms with Gasteiger partial charge in [0, 0.05) is 19.6 Å². The van der Waals surface area contributed by atoms with Gasteiger partial charge < -0.3 is 10.1 Å². The Morgan fingerprint density at radius 1 is 1.46 bits per heavy atom. The van der Waals surface area contributed by atoms with Crippen molar-refractivity contribution in [3.8, 4) is 5.75 Å². The SMILES string of the molecule is C=CCn1c(COc2ccccc2F)nnc1S[C@@H](C)C(=O)N1CCNC1=O. The zero-order chi connectivity index (χ0) is 20.1. The lowest BCUT2D eigenvalue weighted by Crippen LogP contribution is -2.39. The summed E-state index contributed by atoms with van der Waals surface area (Å²) in [5, 5.41) is 10.8. The van der Waals surface area contributed by atoms with E-state index in [4.69, 9.17) is 4.74 Å². The van der Waals surface area contributed by atoms with E-state index in [-0.39, 0.29) is 24.3 Å². The first-order chi connectivity index (χ1) is 13.5. The van der Waals surface area contributed by atoms with Gasteiger partial charge in [0.15, 0.2) is 22.5 Å². The average Bonchev–Trinajstić information content (AvgIpc) is 3.27. The fourth-order valence-electron chi connectivity index (χ4n) is 2.64. The van der Waals surface area contributed by atoms with E-state index in [0.717, 1.165) is 0 Å². The maximum Gasteiger partial charge on any atom is 0.324 e. The van der Waals surface area contributed by atoms with Gasteiger partial charge in [0.05, 0.1) is 5.25 Å². The highest BCUT2D eigenvalue weighted by Crippen LogP contribution is 2.25. The lowest BCUT2D eigenvalue weighted by molar-refractivity contribution is -0.126. The Hall–Kier alpha value is -2.88. The number of ether oxygens (including phenoxy) is 1. The molecule has 1 saturated heterocycles. The molecule has 0 unspecified atom stereocenters. The minimum atomic E-state index is -0.531. The molecule has 1 aromatic carbocycles. The van der Waals surface area contributed by atoms with Crippen molar-refractivity contribution in [1.29, 1.82) is 0 Å². The van der Waals surface area contributed by atoms with Gasteiger partial charge in [0.2, 0.25) is 5.91 Å². The van der Waals surface area contributed by atoms with Gasteiger partial charge >= 0.3 is 6.03 Å². The van der Waals surface area contributed by atoms with Crippen LogP contribution in [0.3, 0.4) is 0 Å². The smallest absolute Gasteiger partial charge is 0.324 e. The lowest BCUT2D eigenvalue weighted by atomic mass is 10.3. The average molecular weight is 405 g/mol. The fraction of sp³-hybridized carbons (Fsp3) is 0.333. The van der Waals surface area contributed by atoms with Gasteiger partial charge in [-0.3, -0.25) is 14.3 Å². The van der Waals surface area contributed by atoms with Gasteiger partial charge in [-0.1, -0.05) is 30.0 Å². The van der Waals surface area contributed by atoms with Crippen LogP contribution < -0.4 is 10.1 Å². The number of halogens is 1. The molecule has 3 rings (SSSR count). The van der Waals surface area contributed by atoms with Gasteiger partial charge in [-0.05, 0) is 19.1 Å². The first-order valence-electron chi connectivity index (χ1n) is 8.67. The monoisotopic (exact) mass is 405 g/mol. The molecule has 10 heteroatoms. The van der Waals surface area contributed by atoms with Gasteiger partial charge in [0.1, 0.15) is 6.61 Å². The molecular weight excluding hydrogens is 385 g/mol. The number of aromatic nitrogens is 3. The quantitative estimate of drug-likeness (QED) is 0.535. The van der Waals surface area contributed by atoms with E-state index >= 15 is 0 Å². The summed E-state index contributed by atoms with van der Waals surface area (Å²) in [4.78, 5) is 25.4. The van der Waals surface area contributed by atoms with Crippen molar-refractivity contribution in [3.63, 3.8) is 0 Å². The highest BCUT2D eigenvalue weighted by Gasteiger charge is 2.31. The van der Waals surface area contributed by atoms with E-state index in [2.05, 4.69) is 22.1 Å². The standard InChI is InChI=1S/C18H20FN5O3S/c1-3-9-23-15(11-27-14-7-5-4-6-13(14)19)21-22-18(23)28-12(2)16(25)24-10-8-20-17(24)26/h3-7,12H,1,8-11H2,2H3,(H,20,26)/t12-/m0/s1. The Balaban J connectivity index is 1.71. The minimum absolute atomic E-state index is 0.0131. The number of nitrogens with one attached hydrogen (secondary N) is 1. The molecule has 1 N–H and O–H groups in total. The van der Waals surface area contributed by atoms with Gasteiger partial charge in [-0.15, -0.1) is 16.8 Å². The number of carbonyl (C=O) groups is 2. The predicted molar refractivity (Wildman–Crippen MR) is 101 cm³/mol. The largest absolute Gasteiger partial charge is 0.483 e. The number of rotatable bonds is 8. The topological polar surface area (TPSA) is 89.3 Å². The van der Waals surface area contributed by atoms with Crippen LogP contribution >= 0.6 is 11.8 Å². The molecule has 2 heterocycles. The summed E-state index contributed by atoms with van der Waals surface area (Å²) in [5.41, 5.74) is 0. The predicted octanol–water partition coefficient (Wildman–Crippen LogP) is 2.21. The third-order valence-electron chi connectivity index (χ3n) is 4.05. The third kappa shape index (κ3) is 4.33. The maximum absolute atomic E-state index is 13.7. The molecule has 0 bridgehead atoms. The fourth-order valence-corrected chi connectivity index (χ4v) is 3.58. The van der Waals surface area contributed by atoms with E-state index in [9.17, 15) is 14.0 Å². The van der Waals surface area contributed by atoms with Crippen molar-refractivity contribution in [2.24, 2.45) is 0 Å². The van der Waals surface area contributed by atoms with Gasteiger partial charge in [0.25, 0.3) is 0 Å². The summed E-state index contributed by atoms with van der Waals surface area (Å²) < 4.78 is 21.0. The van der Waals surface area contributed by atoms with E-state index in [1.165, 1.54) is 28.8 Å². The summed E-state index contributed by atoms with van der Waals surface area (Å²) in [6.45, 7) is 6.65. The van der Waals surface area contributed by atoms with Crippen molar-refractivity contribution < 1.29 is 18.7 Å². The Morgan fingerprint density at radius 3 is 2.93 bits per heavy atom. The van der Waals surface area contributed by atoms with E-state index in [0.29, 0.717) is 30.6 Å². The number of para-hydroxylation sites is 1. The number of urea groups is 1. The van der Waals surface area contributed by atoms with E-state index < -0.39 is 11.1 Å². The summed E-state index contributed by atoms with van der Waals surface area (Å²) in [5.74, 6) is -0.162. The molecule has 148 valence electrons. The van der Waals surface area contributed by atoms with E-state index in [1.54, 1.807) is 29.7 Å². The van der Waals surface area contributed by atoms with Crippen molar-refractivity contribution in [2.75, 3.05) is 13.1 Å². The molecule has 0 radical (unpaired) electrons. The van der Waals surface area contributed by atoms with Crippen LogP contribution in [-0.4, -0.2) is 49.9 Å². The summed E-state index contributed by atoms with van der Waals surface area (Å²) in [7, 11) is 0. The van der Waals surface area contributed by atoms with Crippen LogP contribution in [0.25, 0.3) is 0 Å². The molecule has 0 saturated carbocycles. The van der Waals surface area contributed by atoms with Crippen molar-refractivity contribution in [1.82, 2.24) is 25.0 Å². The van der Waals surface area contributed by atoms with Crippen LogP contribution in [0.1, 0.15) is 12.7 Å². The molecule has 0 spiro atoms. The molecule has 3 amide bonds. The molecule has 1 aliphatic rings. The minimum Gasteiger partial charge on any atom is -0.483 e. The number of amides is 3. The van der Waals surface area contributed by atoms with Crippen LogP contribution in [-0.2, 0) is 17.9 Å². The highest BCUT2D eigenvalue weighted by molar-refractivity contribution is 8.00. The van der Waals surface area contributed by atoms with Gasteiger partial charge in [-0.25, -0.2) is 9.18 Å². The first kappa shape index (κ1) is 19.9. The number of nitrogens with zero attached hydrogens (tertiary/aromatic N) is 4. The third-order valence-corrected chi connectivity index (χ3v) is 5.12. The van der Waals surface area contributed by atoms with Gasteiger partial charge in [-0.2, -0.15) is 0 Å². The van der Waals surface area contributed by atoms with Crippen molar-refractivity contribution >= 4 is 23.7 Å². The zero-order valence-electron chi connectivity index (χ0n) is 15.3. The van der Waals surface area contributed by atoms with Crippen LogP contribution in [0.4, 0.5) is 9.18 Å². The maximum atomic E-state index is 13.7. The number of benzene rings is 1. The number of hydrogen-bond acceptors (Lipinski definition) is 6. The second-order valence-electron chi connectivity index (χ2n) is 6.00. The Labute approximate surface area is 165 Å². The molecule has 28 heavy (non-hydrogen) atoms. The molecular formula is C18H20FN5O3S. The zero-order valence-corrected chi connectivity index (χ0v) is 16.1. The molecule has 2 aromatic rings. The molecule has 1 aliphatic heterocycles. The summed E-state index contributed by atoms with van der Waals surface area (Å²) in [6.07, 6.45) is 1.67. The number of thioether (sulfide) groups is 1. The summed E-state index contributed by atoms with van der Waals surface area (Å²) in [6, 6.07) is 5.71. The molecule has 0 aliphatic carbocycles. The molecule has 1 atom stereocenters. The van der Waals surface area contributed by atoms with E-state index in [1.807, 2.05) is 0 Å². The second-order valence-corrected chi connectivity index (χ2v) is 7.31. The molecule has 1 fully saturated rings. The normalized spacial score (nSPS) is 14.6. The summed E-state index contributed by atoms with van der Waals surface area (Å²) >= 11 is 1.19. The van der Waals surface area contributed by atoms with Crippen LogP contribution in [0.5, 0.6) is 5.75 Å². The van der Waals surface area contributed by atoms with Crippen molar-refractivity contribution in [2.45, 2.75) is 30.5 Å². The number of hydrogen-bond donors (Lipinski definition) is 1. The number of allylic oxidation sites excluding steroid dienone is 1. The number of imide groups is 1. The second kappa shape index (κ2) is 8.87. The van der Waals surface area contributed by atoms with Crippen LogP contribution in [0, 0.1) is 5.82 Å². The Morgan fingerprint density at radius 2 is 2.25 bits per heavy atom. The first-order valence-corrected chi connectivity index (χ1v) is 9.55. The van der Waals surface area contributed by atoms with Crippen molar-refractivity contribution in [3.05, 3.63) is 48.6 Å². The molecule has 8 nitrogen and oxygen atoms in total. The number of carbonyl (C=O) groups excluding carboxylic acids is 2. The van der Waals surface area contributed by atoms with Crippen LogP contribution in [0.15, 0.2) is 42.1 Å².